The summed E-state index contributed by atoms with van der Waals surface area (Å²) in [5, 5.41) is 28.3. The first-order valence-electron chi connectivity index (χ1n) is 7.06. The van der Waals surface area contributed by atoms with Gasteiger partial charge in [-0.2, -0.15) is 5.10 Å². The van der Waals surface area contributed by atoms with E-state index in [0.29, 0.717) is 16.4 Å². The van der Waals surface area contributed by atoms with E-state index in [-0.39, 0.29) is 17.4 Å². The van der Waals surface area contributed by atoms with Gasteiger partial charge in [-0.15, -0.1) is 10.2 Å². The highest BCUT2D eigenvalue weighted by Gasteiger charge is 2.15. The van der Waals surface area contributed by atoms with Crippen molar-refractivity contribution in [2.45, 2.75) is 20.3 Å². The minimum Gasteiger partial charge on any atom is -0.507 e. The number of aromatic hydroxyl groups is 1. The van der Waals surface area contributed by atoms with Gasteiger partial charge in [-0.3, -0.25) is 15.2 Å². The molecule has 23 heavy (non-hydrogen) atoms. The number of hydrogen-bond acceptors (Lipinski definition) is 6. The second-order valence-electron chi connectivity index (χ2n) is 4.95. The molecule has 3 rings (SSSR count). The van der Waals surface area contributed by atoms with Crippen LogP contribution < -0.4 is 5.32 Å². The number of carbonyl (C=O) groups excluding carboxylic acids is 1. The molecule has 0 bridgehead atoms. The molecule has 1 amide bonds. The highest BCUT2D eigenvalue weighted by molar-refractivity contribution is 7.15. The molecule has 0 saturated heterocycles. The second-order valence-corrected chi connectivity index (χ2v) is 6.13. The van der Waals surface area contributed by atoms with Crippen LogP contribution in [0.4, 0.5) is 5.13 Å². The molecule has 3 N–H and O–H groups in total. The SMILES string of the molecule is CCc1ccc(O)c(-c2cc(C(=O)Nc3nnc(C)s3)[nH]n2)c1. The van der Waals surface area contributed by atoms with Gasteiger partial charge in [0.1, 0.15) is 16.5 Å². The molecule has 0 aliphatic carbocycles. The van der Waals surface area contributed by atoms with E-state index < -0.39 is 0 Å². The number of phenolic OH excluding ortho intramolecular Hbond substituents is 1. The number of phenols is 1. The zero-order valence-corrected chi connectivity index (χ0v) is 13.4. The van der Waals surface area contributed by atoms with E-state index in [1.807, 2.05) is 26.0 Å². The summed E-state index contributed by atoms with van der Waals surface area (Å²) in [5.74, 6) is -0.230. The van der Waals surface area contributed by atoms with Gasteiger partial charge >= 0.3 is 0 Å². The maximum atomic E-state index is 12.2. The zero-order valence-electron chi connectivity index (χ0n) is 12.6. The standard InChI is InChI=1S/C15H15N5O2S/c1-3-9-4-5-13(21)10(6-9)11-7-12(19-18-11)14(22)16-15-20-17-8(2)23-15/h4-7,21H,3H2,1-2H3,(H,18,19)(H,16,20,22). The van der Waals surface area contributed by atoms with E-state index >= 15 is 0 Å². The number of aromatic amines is 1. The lowest BCUT2D eigenvalue weighted by Gasteiger charge is -2.03. The summed E-state index contributed by atoms with van der Waals surface area (Å²) in [4.78, 5) is 12.2. The van der Waals surface area contributed by atoms with E-state index in [1.165, 1.54) is 11.3 Å². The lowest BCUT2D eigenvalue weighted by Crippen LogP contribution is -2.12. The summed E-state index contributed by atoms with van der Waals surface area (Å²) in [7, 11) is 0. The smallest absolute Gasteiger partial charge is 0.275 e. The molecular weight excluding hydrogens is 314 g/mol. The molecule has 0 fully saturated rings. The van der Waals surface area contributed by atoms with Gasteiger partial charge in [0.05, 0.1) is 5.69 Å². The predicted molar refractivity (Wildman–Crippen MR) is 87.7 cm³/mol. The third-order valence-electron chi connectivity index (χ3n) is 3.31. The van der Waals surface area contributed by atoms with Gasteiger partial charge in [-0.1, -0.05) is 24.3 Å². The van der Waals surface area contributed by atoms with E-state index in [9.17, 15) is 9.90 Å². The first-order valence-corrected chi connectivity index (χ1v) is 7.87. The van der Waals surface area contributed by atoms with Crippen molar-refractivity contribution in [3.63, 3.8) is 0 Å². The number of amides is 1. The van der Waals surface area contributed by atoms with E-state index in [2.05, 4.69) is 25.7 Å². The molecule has 1 aromatic carbocycles. The number of H-pyrrole nitrogens is 1. The molecule has 0 unspecified atom stereocenters. The van der Waals surface area contributed by atoms with Crippen LogP contribution in [0.5, 0.6) is 5.75 Å². The molecule has 0 radical (unpaired) electrons. The minimum absolute atomic E-state index is 0.125. The maximum absolute atomic E-state index is 12.2. The van der Waals surface area contributed by atoms with Crippen molar-refractivity contribution in [2.75, 3.05) is 5.32 Å². The molecule has 2 heterocycles. The second kappa shape index (κ2) is 6.17. The molecule has 0 aliphatic heterocycles. The topological polar surface area (TPSA) is 104 Å². The van der Waals surface area contributed by atoms with Gasteiger partial charge in [-0.25, -0.2) is 0 Å². The highest BCUT2D eigenvalue weighted by atomic mass is 32.1. The third-order valence-corrected chi connectivity index (χ3v) is 4.07. The van der Waals surface area contributed by atoms with Gasteiger partial charge in [0, 0.05) is 5.56 Å². The molecule has 2 aromatic heterocycles. The number of hydrogen-bond donors (Lipinski definition) is 3. The van der Waals surface area contributed by atoms with Crippen molar-refractivity contribution in [3.05, 3.63) is 40.5 Å². The summed E-state index contributed by atoms with van der Waals surface area (Å²) in [5.41, 5.74) is 2.47. The number of anilines is 1. The molecule has 0 saturated carbocycles. The van der Waals surface area contributed by atoms with E-state index in [1.54, 1.807) is 12.1 Å². The summed E-state index contributed by atoms with van der Waals surface area (Å²) in [6.07, 6.45) is 0.849. The van der Waals surface area contributed by atoms with Crippen LogP contribution in [0.2, 0.25) is 0 Å². The largest absolute Gasteiger partial charge is 0.507 e. The van der Waals surface area contributed by atoms with Crippen LogP contribution in [-0.4, -0.2) is 31.4 Å². The van der Waals surface area contributed by atoms with E-state index in [4.69, 9.17) is 0 Å². The Morgan fingerprint density at radius 3 is 2.87 bits per heavy atom. The van der Waals surface area contributed by atoms with Crippen LogP contribution in [-0.2, 0) is 6.42 Å². The van der Waals surface area contributed by atoms with Crippen molar-refractivity contribution in [2.24, 2.45) is 0 Å². The Labute approximate surface area is 136 Å². The lowest BCUT2D eigenvalue weighted by atomic mass is 10.1. The first-order chi connectivity index (χ1) is 11.1. The summed E-state index contributed by atoms with van der Waals surface area (Å²) >= 11 is 1.29. The van der Waals surface area contributed by atoms with Crippen LogP contribution in [0.1, 0.15) is 28.0 Å². The summed E-state index contributed by atoms with van der Waals surface area (Å²) < 4.78 is 0. The van der Waals surface area contributed by atoms with Gasteiger partial charge in [0.15, 0.2) is 0 Å². The number of benzene rings is 1. The van der Waals surface area contributed by atoms with Crippen molar-refractivity contribution >= 4 is 22.4 Å². The third kappa shape index (κ3) is 3.21. The molecule has 8 heteroatoms. The van der Waals surface area contributed by atoms with Crippen LogP contribution in [0.25, 0.3) is 11.3 Å². The normalized spacial score (nSPS) is 10.7. The van der Waals surface area contributed by atoms with E-state index in [0.717, 1.165) is 17.0 Å². The average molecular weight is 329 g/mol. The predicted octanol–water partition coefficient (Wildman–Crippen LogP) is 2.76. The average Bonchev–Trinajstić information content (AvgIpc) is 3.17. The Hall–Kier alpha value is -2.74. The van der Waals surface area contributed by atoms with Gasteiger partial charge in [0.25, 0.3) is 5.91 Å². The molecular formula is C15H15N5O2S. The number of aryl methyl sites for hydroxylation is 2. The Kier molecular flexibility index (Phi) is 4.07. The van der Waals surface area contributed by atoms with Gasteiger partial charge in [0.2, 0.25) is 5.13 Å². The molecule has 0 spiro atoms. The number of carbonyl (C=O) groups is 1. The lowest BCUT2D eigenvalue weighted by molar-refractivity contribution is 0.102. The first kappa shape index (κ1) is 15.2. The van der Waals surface area contributed by atoms with Crippen LogP contribution in [0.3, 0.4) is 0 Å². The molecule has 118 valence electrons. The number of aromatic nitrogens is 4. The maximum Gasteiger partial charge on any atom is 0.275 e. The number of nitrogens with one attached hydrogen (secondary N) is 2. The fourth-order valence-corrected chi connectivity index (χ4v) is 2.68. The molecule has 3 aromatic rings. The Morgan fingerprint density at radius 2 is 2.17 bits per heavy atom. The number of nitrogens with zero attached hydrogens (tertiary/aromatic N) is 3. The molecule has 7 nitrogen and oxygen atoms in total. The van der Waals surface area contributed by atoms with Crippen LogP contribution in [0, 0.1) is 6.92 Å². The molecule has 0 aliphatic rings. The van der Waals surface area contributed by atoms with Gasteiger partial charge in [-0.05, 0) is 37.1 Å². The van der Waals surface area contributed by atoms with Crippen molar-refractivity contribution in [1.82, 2.24) is 20.4 Å². The summed E-state index contributed by atoms with van der Waals surface area (Å²) in [6, 6.07) is 6.95. The Bertz CT molecular complexity index is 855. The van der Waals surface area contributed by atoms with Crippen molar-refractivity contribution in [3.8, 4) is 17.0 Å². The monoisotopic (exact) mass is 329 g/mol. The van der Waals surface area contributed by atoms with Crippen LogP contribution >= 0.6 is 11.3 Å². The fraction of sp³-hybridized carbons (Fsp3) is 0.200. The quantitative estimate of drug-likeness (QED) is 0.683. The fourth-order valence-electron chi connectivity index (χ4n) is 2.10. The van der Waals surface area contributed by atoms with Crippen LogP contribution in [0.15, 0.2) is 24.3 Å². The van der Waals surface area contributed by atoms with Crippen molar-refractivity contribution < 1.29 is 9.90 Å². The minimum atomic E-state index is -0.356. The van der Waals surface area contributed by atoms with Gasteiger partial charge < -0.3 is 5.11 Å². The number of rotatable bonds is 4. The Balaban J connectivity index is 1.84. The highest BCUT2D eigenvalue weighted by Crippen LogP contribution is 2.29. The Morgan fingerprint density at radius 1 is 1.35 bits per heavy atom. The zero-order chi connectivity index (χ0) is 16.4. The summed E-state index contributed by atoms with van der Waals surface area (Å²) in [6.45, 7) is 3.84. The van der Waals surface area contributed by atoms with Crippen molar-refractivity contribution in [1.29, 1.82) is 0 Å². The molecule has 0 atom stereocenters.